The minimum absolute atomic E-state index is 0.352. The van der Waals surface area contributed by atoms with Crippen LogP contribution in [0.15, 0.2) is 72.1 Å². The normalized spacial score (nSPS) is 14.8. The maximum atomic E-state index is 12.9. The van der Waals surface area contributed by atoms with Crippen LogP contribution >= 0.6 is 0 Å². The zero-order chi connectivity index (χ0) is 17.4. The first-order valence-corrected chi connectivity index (χ1v) is 9.69. The smallest absolute Gasteiger partial charge is 0.125 e. The van der Waals surface area contributed by atoms with Gasteiger partial charge in [-0.05, 0) is 37.5 Å². The lowest BCUT2D eigenvalue weighted by Gasteiger charge is -2.34. The molecule has 0 aromatic heterocycles. The summed E-state index contributed by atoms with van der Waals surface area (Å²) in [5.74, 6) is 0. The first-order chi connectivity index (χ1) is 11.6. The van der Waals surface area contributed by atoms with Crippen LogP contribution in [0.25, 0.3) is 0 Å². The molecule has 0 spiro atoms. The molecular weight excluding hydrogens is 314 g/mol. The number of hydrogen-bond acceptors (Lipinski definition) is 1. The molecule has 0 bridgehead atoms. The third-order valence-electron chi connectivity index (χ3n) is 4.30. The predicted octanol–water partition coefficient (Wildman–Crippen LogP) is 5.27. The topological polar surface area (TPSA) is 29.1 Å². The second-order valence-corrected chi connectivity index (χ2v) is 7.44. The molecule has 0 radical (unpaired) electrons. The van der Waals surface area contributed by atoms with Gasteiger partial charge in [0.25, 0.3) is 0 Å². The number of aryl methyl sites for hydroxylation is 1. The van der Waals surface area contributed by atoms with Crippen molar-refractivity contribution in [1.82, 2.24) is 4.72 Å². The van der Waals surface area contributed by atoms with E-state index in [0.29, 0.717) is 0 Å². The van der Waals surface area contributed by atoms with E-state index < -0.39 is 11.0 Å². The van der Waals surface area contributed by atoms with E-state index in [1.807, 2.05) is 55.5 Å². The van der Waals surface area contributed by atoms with Gasteiger partial charge in [0.1, 0.15) is 11.0 Å². The Balaban J connectivity index is 2.35. The van der Waals surface area contributed by atoms with E-state index in [-0.39, 0.29) is 5.54 Å². The Morgan fingerprint density at radius 2 is 1.79 bits per heavy atom. The van der Waals surface area contributed by atoms with Crippen molar-refractivity contribution in [2.24, 2.45) is 0 Å². The lowest BCUT2D eigenvalue weighted by molar-refractivity contribution is 0.362. The van der Waals surface area contributed by atoms with E-state index in [4.69, 9.17) is 0 Å². The van der Waals surface area contributed by atoms with Crippen molar-refractivity contribution in [1.29, 1.82) is 0 Å². The lowest BCUT2D eigenvalue weighted by atomic mass is 9.83. The van der Waals surface area contributed by atoms with Gasteiger partial charge in [-0.15, -0.1) is 6.58 Å². The molecule has 0 amide bonds. The van der Waals surface area contributed by atoms with Crippen LogP contribution in [0.1, 0.15) is 43.7 Å². The zero-order valence-electron chi connectivity index (χ0n) is 14.6. The van der Waals surface area contributed by atoms with E-state index in [1.165, 1.54) is 11.1 Å². The highest BCUT2D eigenvalue weighted by atomic mass is 32.2. The number of rotatable bonds is 9. The summed E-state index contributed by atoms with van der Waals surface area (Å²) in [5.41, 5.74) is 1.98. The Morgan fingerprint density at radius 3 is 2.38 bits per heavy atom. The standard InChI is InChI=1S/C21H27NOS/c1-4-6-17-21(16-5-2,19-10-8-7-9-11-19)22-24(23)20-14-12-18(3)13-15-20/h5,7-15,22H,2,4,6,16-17H2,1,3H3. The van der Waals surface area contributed by atoms with E-state index in [9.17, 15) is 4.21 Å². The van der Waals surface area contributed by atoms with Gasteiger partial charge in [-0.25, -0.2) is 8.93 Å². The van der Waals surface area contributed by atoms with Gasteiger partial charge in [0.05, 0.1) is 10.4 Å². The van der Waals surface area contributed by atoms with Crippen molar-refractivity contribution in [3.05, 3.63) is 78.4 Å². The summed E-state index contributed by atoms with van der Waals surface area (Å²) in [4.78, 5) is 0.807. The quantitative estimate of drug-likeness (QED) is 0.619. The number of hydrogen-bond donors (Lipinski definition) is 1. The average molecular weight is 342 g/mol. The molecule has 2 rings (SSSR count). The molecule has 0 aliphatic heterocycles. The third kappa shape index (κ3) is 4.65. The van der Waals surface area contributed by atoms with Crippen molar-refractivity contribution in [2.75, 3.05) is 0 Å². The van der Waals surface area contributed by atoms with Crippen LogP contribution < -0.4 is 4.72 Å². The van der Waals surface area contributed by atoms with Crippen LogP contribution in [0.4, 0.5) is 0 Å². The summed E-state index contributed by atoms with van der Waals surface area (Å²) >= 11 is 0. The molecule has 2 atom stereocenters. The van der Waals surface area contributed by atoms with Gasteiger partial charge in [-0.3, -0.25) is 0 Å². The molecule has 0 saturated heterocycles. The van der Waals surface area contributed by atoms with E-state index in [2.05, 4.69) is 30.4 Å². The molecular formula is C21H27NOS. The largest absolute Gasteiger partial charge is 0.237 e. The molecule has 0 fully saturated rings. The highest BCUT2D eigenvalue weighted by Gasteiger charge is 2.32. The van der Waals surface area contributed by atoms with Crippen LogP contribution in [0.2, 0.25) is 0 Å². The van der Waals surface area contributed by atoms with Gasteiger partial charge in [0.15, 0.2) is 0 Å². The molecule has 1 N–H and O–H groups in total. The summed E-state index contributed by atoms with van der Waals surface area (Å²) in [7, 11) is -1.26. The van der Waals surface area contributed by atoms with Crippen LogP contribution in [0.5, 0.6) is 0 Å². The molecule has 2 aromatic carbocycles. The van der Waals surface area contributed by atoms with Crippen LogP contribution in [-0.2, 0) is 16.5 Å². The average Bonchev–Trinajstić information content (AvgIpc) is 2.61. The molecule has 0 heterocycles. The Morgan fingerprint density at radius 1 is 1.12 bits per heavy atom. The van der Waals surface area contributed by atoms with Gasteiger partial charge in [0, 0.05) is 0 Å². The molecule has 2 nitrogen and oxygen atoms in total. The van der Waals surface area contributed by atoms with Crippen molar-refractivity contribution in [3.63, 3.8) is 0 Å². The fourth-order valence-corrected chi connectivity index (χ4v) is 4.06. The predicted molar refractivity (Wildman–Crippen MR) is 103 cm³/mol. The maximum absolute atomic E-state index is 12.9. The van der Waals surface area contributed by atoms with Gasteiger partial charge >= 0.3 is 0 Å². The number of benzene rings is 2. The fourth-order valence-electron chi connectivity index (χ4n) is 2.90. The highest BCUT2D eigenvalue weighted by molar-refractivity contribution is 7.83. The summed E-state index contributed by atoms with van der Waals surface area (Å²) in [6.07, 6.45) is 5.76. The number of nitrogens with one attached hydrogen (secondary N) is 1. The van der Waals surface area contributed by atoms with Crippen LogP contribution in [-0.4, -0.2) is 4.21 Å². The van der Waals surface area contributed by atoms with Crippen LogP contribution in [0.3, 0.4) is 0 Å². The second kappa shape index (κ2) is 8.95. The first-order valence-electron chi connectivity index (χ1n) is 8.54. The van der Waals surface area contributed by atoms with Crippen molar-refractivity contribution >= 4 is 11.0 Å². The molecule has 24 heavy (non-hydrogen) atoms. The van der Waals surface area contributed by atoms with Crippen molar-refractivity contribution < 1.29 is 4.21 Å². The van der Waals surface area contributed by atoms with Gasteiger partial charge < -0.3 is 0 Å². The minimum Gasteiger partial charge on any atom is -0.237 e. The molecule has 0 aliphatic rings. The summed E-state index contributed by atoms with van der Waals surface area (Å²) in [6.45, 7) is 8.15. The molecule has 0 aliphatic carbocycles. The van der Waals surface area contributed by atoms with Crippen molar-refractivity contribution in [3.8, 4) is 0 Å². The van der Waals surface area contributed by atoms with E-state index in [1.54, 1.807) is 0 Å². The van der Waals surface area contributed by atoms with E-state index >= 15 is 0 Å². The molecule has 128 valence electrons. The van der Waals surface area contributed by atoms with Gasteiger partial charge in [0.2, 0.25) is 0 Å². The molecule has 2 aromatic rings. The van der Waals surface area contributed by atoms with Crippen LogP contribution in [0, 0.1) is 6.92 Å². The first kappa shape index (κ1) is 18.6. The lowest BCUT2D eigenvalue weighted by Crippen LogP contribution is -2.43. The monoisotopic (exact) mass is 341 g/mol. The van der Waals surface area contributed by atoms with Gasteiger partial charge in [-0.2, -0.15) is 0 Å². The Labute approximate surface area is 148 Å². The minimum atomic E-state index is -1.26. The summed E-state index contributed by atoms with van der Waals surface area (Å²) < 4.78 is 16.4. The maximum Gasteiger partial charge on any atom is 0.125 e. The van der Waals surface area contributed by atoms with E-state index in [0.717, 1.165) is 30.6 Å². The zero-order valence-corrected chi connectivity index (χ0v) is 15.4. The SMILES string of the molecule is C=CCC(CCCC)(NS(=O)c1ccc(C)cc1)c1ccccc1. The molecule has 2 unspecified atom stereocenters. The second-order valence-electron chi connectivity index (χ2n) is 6.23. The van der Waals surface area contributed by atoms with Gasteiger partial charge in [-0.1, -0.05) is 73.9 Å². The summed E-state index contributed by atoms with van der Waals surface area (Å²) in [6, 6.07) is 18.2. The highest BCUT2D eigenvalue weighted by Crippen LogP contribution is 2.32. The third-order valence-corrected chi connectivity index (χ3v) is 5.58. The summed E-state index contributed by atoms with van der Waals surface area (Å²) in [5, 5.41) is 0. The van der Waals surface area contributed by atoms with Crippen molar-refractivity contribution in [2.45, 2.75) is 50.0 Å². The Bertz CT molecular complexity index is 666. The Hall–Kier alpha value is -1.71. The Kier molecular flexibility index (Phi) is 6.95. The fraction of sp³-hybridized carbons (Fsp3) is 0.333. The molecule has 0 saturated carbocycles. The number of unbranched alkanes of at least 4 members (excludes halogenated alkanes) is 1. The molecule has 3 heteroatoms.